The zero-order valence-corrected chi connectivity index (χ0v) is 10.4. The minimum Gasteiger partial charge on any atom is -0.389 e. The first-order chi connectivity index (χ1) is 7.40. The molecule has 0 aromatic carbocycles. The van der Waals surface area contributed by atoms with Crippen molar-refractivity contribution < 1.29 is 5.11 Å². The molecule has 1 aromatic rings. The lowest BCUT2D eigenvalue weighted by Crippen LogP contribution is -2.39. The summed E-state index contributed by atoms with van der Waals surface area (Å²) in [6.45, 7) is 4.55. The van der Waals surface area contributed by atoms with Gasteiger partial charge in [-0.2, -0.15) is 5.10 Å². The number of hydrogen-bond acceptors (Lipinski definition) is 3. The molecule has 0 unspecified atom stereocenters. The van der Waals surface area contributed by atoms with Crippen molar-refractivity contribution in [2.75, 3.05) is 0 Å². The average molecular weight is 223 g/mol. The molecule has 2 rings (SSSR count). The van der Waals surface area contributed by atoms with Gasteiger partial charge in [-0.05, 0) is 31.1 Å². The largest absolute Gasteiger partial charge is 0.389 e. The summed E-state index contributed by atoms with van der Waals surface area (Å²) in [5, 5.41) is 14.6. The molecule has 1 saturated carbocycles. The summed E-state index contributed by atoms with van der Waals surface area (Å²) in [5.74, 6) is 0.877. The first kappa shape index (κ1) is 11.6. The Labute approximate surface area is 96.7 Å². The van der Waals surface area contributed by atoms with Crippen LogP contribution < -0.4 is 0 Å². The summed E-state index contributed by atoms with van der Waals surface area (Å²) in [6.07, 6.45) is 6.08. The predicted molar refractivity (Wildman–Crippen MR) is 61.9 cm³/mol. The average Bonchev–Trinajstić information content (AvgIpc) is 2.58. The summed E-state index contributed by atoms with van der Waals surface area (Å²) in [6, 6.07) is 0. The van der Waals surface area contributed by atoms with Gasteiger partial charge >= 0.3 is 0 Å². The normalized spacial score (nSPS) is 23.2. The highest BCUT2D eigenvalue weighted by molar-refractivity contribution is 4.97. The summed E-state index contributed by atoms with van der Waals surface area (Å²) < 4.78 is 1.75. The monoisotopic (exact) mass is 223 g/mol. The van der Waals surface area contributed by atoms with E-state index in [0.29, 0.717) is 11.8 Å². The zero-order chi connectivity index (χ0) is 11.8. The third-order valence-corrected chi connectivity index (χ3v) is 3.83. The van der Waals surface area contributed by atoms with Gasteiger partial charge in [0.25, 0.3) is 0 Å². The number of aliphatic hydroxyl groups is 1. The molecule has 1 aromatic heterocycles. The van der Waals surface area contributed by atoms with Crippen molar-refractivity contribution in [3.05, 3.63) is 12.2 Å². The van der Waals surface area contributed by atoms with Crippen LogP contribution in [-0.2, 0) is 13.5 Å². The van der Waals surface area contributed by atoms with E-state index in [1.807, 2.05) is 7.05 Å². The maximum atomic E-state index is 10.5. The molecule has 0 bridgehead atoms. The van der Waals surface area contributed by atoms with Gasteiger partial charge in [0.2, 0.25) is 0 Å². The van der Waals surface area contributed by atoms with E-state index in [9.17, 15) is 5.11 Å². The van der Waals surface area contributed by atoms with E-state index in [1.54, 1.807) is 11.0 Å². The Kier molecular flexibility index (Phi) is 2.78. The molecule has 1 aliphatic rings. The fourth-order valence-corrected chi connectivity index (χ4v) is 2.34. The van der Waals surface area contributed by atoms with Gasteiger partial charge in [0.1, 0.15) is 12.2 Å². The van der Waals surface area contributed by atoms with E-state index in [0.717, 1.165) is 31.5 Å². The lowest BCUT2D eigenvalue weighted by Gasteiger charge is -2.40. The molecule has 0 aliphatic heterocycles. The number of aryl methyl sites for hydroxylation is 1. The standard InChI is InChI=1S/C12H21N3O/c1-11(2)4-6-12(16,7-5-11)8-10-13-9-14-15(10)3/h9,16H,4-8H2,1-3H3. The van der Waals surface area contributed by atoms with Crippen molar-refractivity contribution in [2.24, 2.45) is 12.5 Å². The summed E-state index contributed by atoms with van der Waals surface area (Å²) >= 11 is 0. The summed E-state index contributed by atoms with van der Waals surface area (Å²) in [4.78, 5) is 4.18. The van der Waals surface area contributed by atoms with Crippen LogP contribution in [0, 0.1) is 5.41 Å². The molecule has 90 valence electrons. The Morgan fingerprint density at radius 1 is 1.31 bits per heavy atom. The molecule has 0 saturated heterocycles. The second-order valence-electron chi connectivity index (χ2n) is 5.87. The Hall–Kier alpha value is -0.900. The molecule has 0 spiro atoms. The smallest absolute Gasteiger partial charge is 0.138 e. The molecular formula is C12H21N3O. The highest BCUT2D eigenvalue weighted by Crippen LogP contribution is 2.41. The number of aromatic nitrogens is 3. The Morgan fingerprint density at radius 3 is 2.44 bits per heavy atom. The fraction of sp³-hybridized carbons (Fsp3) is 0.833. The third kappa shape index (κ3) is 2.43. The van der Waals surface area contributed by atoms with Crippen LogP contribution in [0.3, 0.4) is 0 Å². The van der Waals surface area contributed by atoms with Crippen molar-refractivity contribution in [2.45, 2.75) is 51.6 Å². The molecule has 1 N–H and O–H groups in total. The fourth-order valence-electron chi connectivity index (χ4n) is 2.34. The van der Waals surface area contributed by atoms with Crippen LogP contribution in [0.4, 0.5) is 0 Å². The molecule has 4 heteroatoms. The van der Waals surface area contributed by atoms with Crippen LogP contribution in [0.2, 0.25) is 0 Å². The van der Waals surface area contributed by atoms with Gasteiger partial charge in [0.15, 0.2) is 0 Å². The first-order valence-corrected chi connectivity index (χ1v) is 5.96. The zero-order valence-electron chi connectivity index (χ0n) is 10.4. The molecule has 0 radical (unpaired) electrons. The molecular weight excluding hydrogens is 202 g/mol. The van der Waals surface area contributed by atoms with Crippen molar-refractivity contribution >= 4 is 0 Å². The Balaban J connectivity index is 2.03. The van der Waals surface area contributed by atoms with Crippen molar-refractivity contribution in [1.82, 2.24) is 14.8 Å². The van der Waals surface area contributed by atoms with E-state index in [2.05, 4.69) is 23.9 Å². The van der Waals surface area contributed by atoms with Gasteiger partial charge in [-0.15, -0.1) is 0 Å². The summed E-state index contributed by atoms with van der Waals surface area (Å²) in [5.41, 5.74) is -0.192. The second kappa shape index (κ2) is 3.84. The molecule has 1 aliphatic carbocycles. The minimum atomic E-state index is -0.573. The lowest BCUT2D eigenvalue weighted by atomic mass is 9.70. The van der Waals surface area contributed by atoms with Crippen molar-refractivity contribution in [3.63, 3.8) is 0 Å². The molecule has 1 heterocycles. The van der Waals surface area contributed by atoms with Crippen LogP contribution in [0.25, 0.3) is 0 Å². The van der Waals surface area contributed by atoms with Crippen LogP contribution in [0.5, 0.6) is 0 Å². The molecule has 16 heavy (non-hydrogen) atoms. The Morgan fingerprint density at radius 2 is 1.94 bits per heavy atom. The van der Waals surface area contributed by atoms with E-state index in [-0.39, 0.29) is 0 Å². The number of hydrogen-bond donors (Lipinski definition) is 1. The van der Waals surface area contributed by atoms with E-state index in [1.165, 1.54) is 0 Å². The SMILES string of the molecule is Cn1ncnc1CC1(O)CCC(C)(C)CC1. The van der Waals surface area contributed by atoms with Gasteiger partial charge in [-0.3, -0.25) is 4.68 Å². The molecule has 0 atom stereocenters. The van der Waals surface area contributed by atoms with Crippen molar-refractivity contribution in [1.29, 1.82) is 0 Å². The molecule has 0 amide bonds. The molecule has 1 fully saturated rings. The van der Waals surface area contributed by atoms with Crippen LogP contribution in [0.15, 0.2) is 6.33 Å². The number of nitrogens with zero attached hydrogens (tertiary/aromatic N) is 3. The van der Waals surface area contributed by atoms with Gasteiger partial charge < -0.3 is 5.11 Å². The lowest BCUT2D eigenvalue weighted by molar-refractivity contribution is -0.0271. The summed E-state index contributed by atoms with van der Waals surface area (Å²) in [7, 11) is 1.87. The van der Waals surface area contributed by atoms with Crippen molar-refractivity contribution in [3.8, 4) is 0 Å². The highest BCUT2D eigenvalue weighted by Gasteiger charge is 2.37. The van der Waals surface area contributed by atoms with Gasteiger partial charge in [0.05, 0.1) is 5.60 Å². The Bertz CT molecular complexity index is 360. The van der Waals surface area contributed by atoms with Gasteiger partial charge in [-0.1, -0.05) is 13.8 Å². The predicted octanol–water partition coefficient (Wildman–Crippen LogP) is 1.69. The first-order valence-electron chi connectivity index (χ1n) is 5.96. The maximum Gasteiger partial charge on any atom is 0.138 e. The maximum absolute atomic E-state index is 10.5. The van der Waals surface area contributed by atoms with Gasteiger partial charge in [0, 0.05) is 13.5 Å². The quantitative estimate of drug-likeness (QED) is 0.830. The van der Waals surface area contributed by atoms with E-state index >= 15 is 0 Å². The van der Waals surface area contributed by atoms with E-state index < -0.39 is 5.60 Å². The van der Waals surface area contributed by atoms with Crippen LogP contribution >= 0.6 is 0 Å². The van der Waals surface area contributed by atoms with Gasteiger partial charge in [-0.25, -0.2) is 4.98 Å². The topological polar surface area (TPSA) is 50.9 Å². The highest BCUT2D eigenvalue weighted by atomic mass is 16.3. The van der Waals surface area contributed by atoms with E-state index in [4.69, 9.17) is 0 Å². The second-order valence-corrected chi connectivity index (χ2v) is 5.87. The van der Waals surface area contributed by atoms with Crippen LogP contribution in [-0.4, -0.2) is 25.5 Å². The molecule has 4 nitrogen and oxygen atoms in total. The minimum absolute atomic E-state index is 0.381. The number of rotatable bonds is 2. The third-order valence-electron chi connectivity index (χ3n) is 3.83. The van der Waals surface area contributed by atoms with Crippen LogP contribution in [0.1, 0.15) is 45.4 Å².